The van der Waals surface area contributed by atoms with E-state index in [1.54, 1.807) is 59.6 Å². The molecule has 0 saturated heterocycles. The maximum Gasteiger partial charge on any atom is 0.227 e. The Kier molecular flexibility index (Phi) is 6.87. The van der Waals surface area contributed by atoms with E-state index in [1.807, 2.05) is 18.2 Å². The number of ether oxygens (including phenoxy) is 1. The molecule has 0 unspecified atom stereocenters. The van der Waals surface area contributed by atoms with Gasteiger partial charge in [0.1, 0.15) is 11.5 Å². The van der Waals surface area contributed by atoms with Crippen LogP contribution in [0.4, 0.5) is 5.69 Å². The van der Waals surface area contributed by atoms with Crippen molar-refractivity contribution >= 4 is 23.2 Å². The van der Waals surface area contributed by atoms with E-state index in [0.29, 0.717) is 29.5 Å². The molecule has 0 bridgehead atoms. The zero-order valence-corrected chi connectivity index (χ0v) is 16.0. The van der Waals surface area contributed by atoms with Crippen molar-refractivity contribution in [2.45, 2.75) is 19.4 Å². The minimum atomic E-state index is -0.105. The van der Waals surface area contributed by atoms with Crippen LogP contribution in [0.15, 0.2) is 72.9 Å². The number of carbonyl (C=O) groups excluding carboxylic acids is 1. The molecule has 6 heteroatoms. The van der Waals surface area contributed by atoms with E-state index < -0.39 is 0 Å². The predicted molar refractivity (Wildman–Crippen MR) is 110 cm³/mol. The van der Waals surface area contributed by atoms with Gasteiger partial charge in [-0.1, -0.05) is 29.8 Å². The first-order chi connectivity index (χ1) is 13.6. The third-order valence-corrected chi connectivity index (χ3v) is 4.39. The number of benzene rings is 2. The molecule has 28 heavy (non-hydrogen) atoms. The van der Waals surface area contributed by atoms with Gasteiger partial charge < -0.3 is 14.7 Å². The van der Waals surface area contributed by atoms with Crippen molar-refractivity contribution in [3.8, 4) is 11.5 Å². The van der Waals surface area contributed by atoms with Gasteiger partial charge in [-0.2, -0.15) is 0 Å². The molecule has 3 aromatic rings. The molecule has 0 saturated carbocycles. The molecule has 1 aromatic heterocycles. The normalized spacial score (nSPS) is 10.5. The lowest BCUT2D eigenvalue weighted by Gasteiger charge is -2.23. The predicted octanol–water partition coefficient (Wildman–Crippen LogP) is 4.83. The van der Waals surface area contributed by atoms with Gasteiger partial charge in [-0.3, -0.25) is 9.78 Å². The maximum absolute atomic E-state index is 12.9. The van der Waals surface area contributed by atoms with E-state index in [0.717, 1.165) is 5.69 Å². The molecule has 0 atom stereocenters. The van der Waals surface area contributed by atoms with Gasteiger partial charge in [0, 0.05) is 17.6 Å². The number of amides is 1. The first kappa shape index (κ1) is 19.7. The van der Waals surface area contributed by atoms with Crippen molar-refractivity contribution in [1.82, 2.24) is 4.98 Å². The number of para-hydroxylation sites is 2. The van der Waals surface area contributed by atoms with E-state index in [9.17, 15) is 9.90 Å². The third kappa shape index (κ3) is 5.47. The summed E-state index contributed by atoms with van der Waals surface area (Å²) in [5.74, 6) is 0.666. The second-order valence-electron chi connectivity index (χ2n) is 6.20. The largest absolute Gasteiger partial charge is 0.506 e. The molecule has 144 valence electrons. The van der Waals surface area contributed by atoms with Gasteiger partial charge in [-0.05, 0) is 55.0 Å². The van der Waals surface area contributed by atoms with Crippen molar-refractivity contribution in [3.63, 3.8) is 0 Å². The monoisotopic (exact) mass is 396 g/mol. The van der Waals surface area contributed by atoms with Gasteiger partial charge in [-0.25, -0.2) is 0 Å². The number of anilines is 1. The summed E-state index contributed by atoms with van der Waals surface area (Å²) in [6.07, 6.45) is 2.52. The fourth-order valence-electron chi connectivity index (χ4n) is 2.73. The van der Waals surface area contributed by atoms with Crippen LogP contribution in [0.1, 0.15) is 18.5 Å². The Labute approximate surface area is 169 Å². The number of nitrogens with zero attached hydrogens (tertiary/aromatic N) is 2. The quantitative estimate of drug-likeness (QED) is 0.554. The zero-order valence-electron chi connectivity index (χ0n) is 15.3. The molecule has 2 aromatic carbocycles. The maximum atomic E-state index is 12.9. The molecule has 1 N–H and O–H groups in total. The number of pyridine rings is 1. The minimum absolute atomic E-state index is 0.0594. The molecule has 0 aliphatic rings. The summed E-state index contributed by atoms with van der Waals surface area (Å²) in [6.45, 7) is 0.695. The average molecular weight is 397 g/mol. The van der Waals surface area contributed by atoms with E-state index in [1.165, 1.54) is 0 Å². The molecule has 0 aliphatic carbocycles. The lowest BCUT2D eigenvalue weighted by molar-refractivity contribution is -0.119. The Bertz CT molecular complexity index is 901. The fraction of sp³-hybridized carbons (Fsp3) is 0.182. The van der Waals surface area contributed by atoms with Crippen molar-refractivity contribution in [1.29, 1.82) is 0 Å². The summed E-state index contributed by atoms with van der Waals surface area (Å²) < 4.78 is 5.65. The minimum Gasteiger partial charge on any atom is -0.506 e. The molecule has 0 radical (unpaired) electrons. The third-order valence-electron chi connectivity index (χ3n) is 4.14. The average Bonchev–Trinajstić information content (AvgIpc) is 2.72. The smallest absolute Gasteiger partial charge is 0.227 e. The Morgan fingerprint density at radius 1 is 1.04 bits per heavy atom. The van der Waals surface area contributed by atoms with Gasteiger partial charge in [0.25, 0.3) is 0 Å². The number of hydrogen-bond donors (Lipinski definition) is 1. The van der Waals surface area contributed by atoms with Crippen LogP contribution >= 0.6 is 11.6 Å². The first-order valence-corrected chi connectivity index (χ1v) is 9.38. The SMILES string of the molecule is O=C(CCCOc1ccc(Cl)cc1)N(Cc1ccccn1)c1ccccc1O. The highest BCUT2D eigenvalue weighted by atomic mass is 35.5. The Balaban J connectivity index is 1.63. The number of aromatic hydroxyl groups is 1. The second kappa shape index (κ2) is 9.76. The number of hydrogen-bond acceptors (Lipinski definition) is 4. The van der Waals surface area contributed by atoms with Crippen LogP contribution in [-0.2, 0) is 11.3 Å². The summed E-state index contributed by atoms with van der Waals surface area (Å²) in [6, 6.07) is 19.4. The highest BCUT2D eigenvalue weighted by molar-refractivity contribution is 6.30. The Morgan fingerprint density at radius 2 is 1.79 bits per heavy atom. The number of phenols is 1. The summed E-state index contributed by atoms with van der Waals surface area (Å²) in [4.78, 5) is 18.7. The van der Waals surface area contributed by atoms with Crippen molar-refractivity contribution in [3.05, 3.63) is 83.6 Å². The van der Waals surface area contributed by atoms with Crippen molar-refractivity contribution < 1.29 is 14.6 Å². The number of halogens is 1. The van der Waals surface area contributed by atoms with Crippen LogP contribution in [0.2, 0.25) is 5.02 Å². The fourth-order valence-corrected chi connectivity index (χ4v) is 2.86. The van der Waals surface area contributed by atoms with Gasteiger partial charge in [0.15, 0.2) is 0 Å². The Morgan fingerprint density at radius 3 is 2.50 bits per heavy atom. The van der Waals surface area contributed by atoms with Crippen LogP contribution in [0.3, 0.4) is 0 Å². The first-order valence-electron chi connectivity index (χ1n) is 9.00. The molecule has 0 fully saturated rings. The van der Waals surface area contributed by atoms with E-state index in [4.69, 9.17) is 16.3 Å². The van der Waals surface area contributed by atoms with Gasteiger partial charge >= 0.3 is 0 Å². The number of phenolic OH excluding ortho intramolecular Hbond substituents is 1. The number of rotatable bonds is 8. The van der Waals surface area contributed by atoms with Crippen LogP contribution in [0.25, 0.3) is 0 Å². The van der Waals surface area contributed by atoms with Gasteiger partial charge in [0.2, 0.25) is 5.91 Å². The molecular weight excluding hydrogens is 376 g/mol. The molecular formula is C22H21ClN2O3. The second-order valence-corrected chi connectivity index (χ2v) is 6.63. The van der Waals surface area contributed by atoms with Crippen LogP contribution < -0.4 is 9.64 Å². The summed E-state index contributed by atoms with van der Waals surface area (Å²) >= 11 is 5.86. The molecule has 1 heterocycles. The molecule has 3 rings (SSSR count). The Hall–Kier alpha value is -3.05. The highest BCUT2D eigenvalue weighted by Crippen LogP contribution is 2.28. The van der Waals surface area contributed by atoms with Crippen LogP contribution in [-0.4, -0.2) is 22.6 Å². The zero-order chi connectivity index (χ0) is 19.8. The lowest BCUT2D eigenvalue weighted by Crippen LogP contribution is -2.31. The van der Waals surface area contributed by atoms with E-state index in [-0.39, 0.29) is 24.6 Å². The topological polar surface area (TPSA) is 62.7 Å². The number of aromatic nitrogens is 1. The molecule has 0 aliphatic heterocycles. The number of carbonyl (C=O) groups is 1. The summed E-state index contributed by atoms with van der Waals surface area (Å²) in [5.41, 5.74) is 1.22. The molecule has 1 amide bonds. The lowest BCUT2D eigenvalue weighted by atomic mass is 10.2. The van der Waals surface area contributed by atoms with Gasteiger partial charge in [0.05, 0.1) is 24.5 Å². The standard InChI is InChI=1S/C22H21ClN2O3/c23-17-10-12-19(13-11-17)28-15-5-9-22(27)25(16-18-6-3-4-14-24-18)20-7-1-2-8-21(20)26/h1-4,6-8,10-14,26H,5,9,15-16H2. The highest BCUT2D eigenvalue weighted by Gasteiger charge is 2.19. The summed E-state index contributed by atoms with van der Waals surface area (Å²) in [5, 5.41) is 10.8. The molecule has 0 spiro atoms. The summed E-state index contributed by atoms with van der Waals surface area (Å²) in [7, 11) is 0. The van der Waals surface area contributed by atoms with E-state index >= 15 is 0 Å². The van der Waals surface area contributed by atoms with Crippen LogP contribution in [0.5, 0.6) is 11.5 Å². The molecule has 5 nitrogen and oxygen atoms in total. The van der Waals surface area contributed by atoms with Crippen molar-refractivity contribution in [2.24, 2.45) is 0 Å². The van der Waals surface area contributed by atoms with E-state index in [2.05, 4.69) is 4.98 Å². The van der Waals surface area contributed by atoms with Crippen LogP contribution in [0, 0.1) is 0 Å². The van der Waals surface area contributed by atoms with Gasteiger partial charge in [-0.15, -0.1) is 0 Å². The van der Waals surface area contributed by atoms with Crippen molar-refractivity contribution in [2.75, 3.05) is 11.5 Å².